The summed E-state index contributed by atoms with van der Waals surface area (Å²) in [5.41, 5.74) is 3.12. The van der Waals surface area contributed by atoms with Crippen LogP contribution in [0.15, 0.2) is 54.6 Å². The molecule has 3 heterocycles. The van der Waals surface area contributed by atoms with Gasteiger partial charge < -0.3 is 15.1 Å². The molecule has 5 rings (SSSR count). The third-order valence-electron chi connectivity index (χ3n) is 8.00. The van der Waals surface area contributed by atoms with E-state index in [0.29, 0.717) is 5.69 Å². The number of nitrogens with zero attached hydrogens (tertiary/aromatic N) is 5. The molecule has 2 aromatic heterocycles. The summed E-state index contributed by atoms with van der Waals surface area (Å²) in [5.74, 6) is 0.796. The number of hydrogen-bond acceptors (Lipinski definition) is 5. The summed E-state index contributed by atoms with van der Waals surface area (Å²) >= 11 is 0. The molecule has 7 heteroatoms. The van der Waals surface area contributed by atoms with Crippen LogP contribution in [0.5, 0.6) is 0 Å². The Balaban J connectivity index is 1.46. The molecule has 212 valence electrons. The van der Waals surface area contributed by atoms with Crippen molar-refractivity contribution in [2.24, 2.45) is 0 Å². The van der Waals surface area contributed by atoms with E-state index in [4.69, 9.17) is 9.97 Å². The van der Waals surface area contributed by atoms with Gasteiger partial charge in [0.15, 0.2) is 5.65 Å². The quantitative estimate of drug-likeness (QED) is 0.194. The number of pyridine rings is 1. The van der Waals surface area contributed by atoms with Crippen molar-refractivity contribution in [2.75, 3.05) is 38.0 Å². The number of carbonyl (C=O) groups excluding carboxylic acids is 1. The lowest BCUT2D eigenvalue weighted by atomic mass is 10.1. The first-order chi connectivity index (χ1) is 19.7. The summed E-state index contributed by atoms with van der Waals surface area (Å²) in [5, 5.41) is 5.97. The van der Waals surface area contributed by atoms with Gasteiger partial charge in [-0.15, -0.1) is 0 Å². The van der Waals surface area contributed by atoms with Gasteiger partial charge in [-0.1, -0.05) is 69.5 Å². The second kappa shape index (κ2) is 13.8. The van der Waals surface area contributed by atoms with Crippen molar-refractivity contribution in [3.8, 4) is 0 Å². The van der Waals surface area contributed by atoms with Gasteiger partial charge in [0.2, 0.25) is 5.95 Å². The third kappa shape index (κ3) is 6.64. The normalized spacial score (nSPS) is 14.2. The number of benzene rings is 2. The number of nitrogens with one attached hydrogen (secondary N) is 1. The van der Waals surface area contributed by atoms with Gasteiger partial charge in [0, 0.05) is 30.7 Å². The summed E-state index contributed by atoms with van der Waals surface area (Å²) in [7, 11) is 0. The summed E-state index contributed by atoms with van der Waals surface area (Å²) < 4.78 is 2.18. The van der Waals surface area contributed by atoms with Gasteiger partial charge in [-0.05, 0) is 75.3 Å². The van der Waals surface area contributed by atoms with Gasteiger partial charge in [-0.3, -0.25) is 9.36 Å². The molecule has 0 atom stereocenters. The smallest absolute Gasteiger partial charge is 0.272 e. The molecule has 2 aromatic carbocycles. The van der Waals surface area contributed by atoms with Crippen LogP contribution in [0.25, 0.3) is 21.9 Å². The van der Waals surface area contributed by atoms with Crippen LogP contribution in [0, 0.1) is 0 Å². The van der Waals surface area contributed by atoms with Crippen LogP contribution in [0.1, 0.15) is 75.7 Å². The Labute approximate surface area is 238 Å². The van der Waals surface area contributed by atoms with Crippen LogP contribution in [0.4, 0.5) is 11.6 Å². The zero-order chi connectivity index (χ0) is 27.7. The number of carbonyl (C=O) groups is 1. The van der Waals surface area contributed by atoms with Crippen molar-refractivity contribution >= 4 is 39.5 Å². The summed E-state index contributed by atoms with van der Waals surface area (Å²) in [6.07, 6.45) is 9.08. The standard InChI is InChI=1S/C33H44N6O/c1-3-5-23-38(24-6-4-2)32(40)30-19-18-29-31(34-30)39(25-13-22-37-20-10-7-11-21-37)33(36-29)35-28-17-12-15-26-14-8-9-16-27(26)28/h8-9,12,14-19H,3-7,10-11,13,20-25H2,1-2H3,(H,35,36). The van der Waals surface area contributed by atoms with E-state index in [1.54, 1.807) is 0 Å². The van der Waals surface area contributed by atoms with E-state index in [1.807, 2.05) is 17.0 Å². The highest BCUT2D eigenvalue weighted by atomic mass is 16.2. The van der Waals surface area contributed by atoms with Crippen LogP contribution in [0.2, 0.25) is 0 Å². The average Bonchev–Trinajstić information content (AvgIpc) is 3.33. The lowest BCUT2D eigenvalue weighted by Crippen LogP contribution is -2.33. The average molecular weight is 541 g/mol. The second-order valence-electron chi connectivity index (χ2n) is 11.0. The summed E-state index contributed by atoms with van der Waals surface area (Å²) in [4.78, 5) is 28.1. The summed E-state index contributed by atoms with van der Waals surface area (Å²) in [6, 6.07) is 18.5. The number of aryl methyl sites for hydroxylation is 1. The Hall–Kier alpha value is -3.45. The Morgan fingerprint density at radius 3 is 2.38 bits per heavy atom. The lowest BCUT2D eigenvalue weighted by Gasteiger charge is -2.26. The number of amides is 1. The van der Waals surface area contributed by atoms with Gasteiger partial charge in [0.1, 0.15) is 11.2 Å². The van der Waals surface area contributed by atoms with E-state index in [1.165, 1.54) is 37.7 Å². The Morgan fingerprint density at radius 2 is 1.60 bits per heavy atom. The van der Waals surface area contributed by atoms with Crippen molar-refractivity contribution < 1.29 is 4.79 Å². The minimum absolute atomic E-state index is 0.0217. The molecule has 0 saturated carbocycles. The van der Waals surface area contributed by atoms with Crippen LogP contribution < -0.4 is 5.32 Å². The molecule has 0 radical (unpaired) electrons. The number of unbranched alkanes of at least 4 members (excludes halogenated alkanes) is 2. The van der Waals surface area contributed by atoms with Gasteiger partial charge in [-0.25, -0.2) is 9.97 Å². The maximum absolute atomic E-state index is 13.6. The van der Waals surface area contributed by atoms with Gasteiger partial charge in [0.25, 0.3) is 5.91 Å². The first-order valence-electron chi connectivity index (χ1n) is 15.3. The number of aromatic nitrogens is 3. The van der Waals surface area contributed by atoms with E-state index in [2.05, 4.69) is 71.1 Å². The molecule has 1 aliphatic heterocycles. The molecule has 1 N–H and O–H groups in total. The zero-order valence-electron chi connectivity index (χ0n) is 24.2. The largest absolute Gasteiger partial charge is 0.337 e. The molecule has 1 fully saturated rings. The molecule has 1 aliphatic rings. The fourth-order valence-electron chi connectivity index (χ4n) is 5.69. The highest BCUT2D eigenvalue weighted by Crippen LogP contribution is 2.28. The maximum Gasteiger partial charge on any atom is 0.272 e. The number of hydrogen-bond donors (Lipinski definition) is 1. The van der Waals surface area contributed by atoms with E-state index in [0.717, 1.165) is 86.5 Å². The molecule has 40 heavy (non-hydrogen) atoms. The molecule has 0 spiro atoms. The summed E-state index contributed by atoms with van der Waals surface area (Å²) in [6.45, 7) is 10.1. The SMILES string of the molecule is CCCCN(CCCC)C(=O)c1ccc2nc(Nc3cccc4ccccc34)n(CCCN3CCCCC3)c2n1. The number of likely N-dealkylation sites (tertiary alicyclic amines) is 1. The Bertz CT molecular complexity index is 1390. The Morgan fingerprint density at radius 1 is 0.850 bits per heavy atom. The van der Waals surface area contributed by atoms with Gasteiger partial charge in [-0.2, -0.15) is 0 Å². The van der Waals surface area contributed by atoms with Crippen molar-refractivity contribution in [3.63, 3.8) is 0 Å². The first kappa shape index (κ1) is 28.1. The number of anilines is 2. The van der Waals surface area contributed by atoms with Crippen LogP contribution in [-0.4, -0.2) is 63.0 Å². The topological polar surface area (TPSA) is 66.3 Å². The molecule has 4 aromatic rings. The van der Waals surface area contributed by atoms with E-state index >= 15 is 0 Å². The van der Waals surface area contributed by atoms with Gasteiger partial charge in [0.05, 0.1) is 0 Å². The predicted octanol–water partition coefficient (Wildman–Crippen LogP) is 7.25. The van der Waals surface area contributed by atoms with Crippen LogP contribution in [-0.2, 0) is 6.54 Å². The minimum Gasteiger partial charge on any atom is -0.337 e. The van der Waals surface area contributed by atoms with E-state index in [9.17, 15) is 4.79 Å². The second-order valence-corrected chi connectivity index (χ2v) is 11.0. The fourth-order valence-corrected chi connectivity index (χ4v) is 5.69. The fraction of sp³-hybridized carbons (Fsp3) is 0.485. The predicted molar refractivity (Wildman–Crippen MR) is 165 cm³/mol. The number of imidazole rings is 1. The van der Waals surface area contributed by atoms with Crippen molar-refractivity contribution in [3.05, 3.63) is 60.3 Å². The monoisotopic (exact) mass is 540 g/mol. The molecular weight excluding hydrogens is 496 g/mol. The highest BCUT2D eigenvalue weighted by molar-refractivity contribution is 5.96. The molecule has 1 saturated heterocycles. The maximum atomic E-state index is 13.6. The molecular formula is C33H44N6O. The molecule has 1 amide bonds. The third-order valence-corrected chi connectivity index (χ3v) is 8.00. The number of fused-ring (bicyclic) bond motifs is 2. The molecule has 7 nitrogen and oxygen atoms in total. The minimum atomic E-state index is 0.0217. The van der Waals surface area contributed by atoms with Crippen molar-refractivity contribution in [2.45, 2.75) is 71.8 Å². The number of rotatable bonds is 13. The molecule has 0 aliphatic carbocycles. The van der Waals surface area contributed by atoms with Crippen LogP contribution >= 0.6 is 0 Å². The van der Waals surface area contributed by atoms with Crippen molar-refractivity contribution in [1.29, 1.82) is 0 Å². The highest BCUT2D eigenvalue weighted by Gasteiger charge is 2.20. The van der Waals surface area contributed by atoms with Crippen molar-refractivity contribution in [1.82, 2.24) is 24.3 Å². The zero-order valence-corrected chi connectivity index (χ0v) is 24.2. The molecule has 0 unspecified atom stereocenters. The van der Waals surface area contributed by atoms with Gasteiger partial charge >= 0.3 is 0 Å². The first-order valence-corrected chi connectivity index (χ1v) is 15.3. The van der Waals surface area contributed by atoms with Crippen LogP contribution in [0.3, 0.4) is 0 Å². The number of piperidine rings is 1. The Kier molecular flexibility index (Phi) is 9.66. The lowest BCUT2D eigenvalue weighted by molar-refractivity contribution is 0.0745. The van der Waals surface area contributed by atoms with E-state index < -0.39 is 0 Å². The van der Waals surface area contributed by atoms with E-state index in [-0.39, 0.29) is 5.91 Å². The molecule has 0 bridgehead atoms.